The Labute approximate surface area is 187 Å². The van der Waals surface area contributed by atoms with Crippen molar-refractivity contribution in [2.24, 2.45) is 0 Å². The molecule has 3 aromatic rings. The molecule has 6 nitrogen and oxygen atoms in total. The second-order valence-electron chi connectivity index (χ2n) is 8.02. The lowest BCUT2D eigenvalue weighted by Crippen LogP contribution is -2.49. The highest BCUT2D eigenvalue weighted by molar-refractivity contribution is 6.01. The molecule has 0 saturated carbocycles. The molecular formula is C26H24N2O4. The van der Waals surface area contributed by atoms with Crippen LogP contribution in [-0.2, 0) is 16.1 Å². The van der Waals surface area contributed by atoms with Crippen molar-refractivity contribution >= 4 is 17.5 Å². The standard InChI is InChI=1S/C26H24N2O4/c29-25(18-31-20-11-5-2-6-12-20)27-17-21-15-23(27)26(30)28(16-19-9-3-1-4-10-19)22-13-7-8-14-24(22)32-21/h1-14,21,23H,15-18H2. The molecule has 1 saturated heterocycles. The Balaban J connectivity index is 1.41. The zero-order valence-corrected chi connectivity index (χ0v) is 17.6. The summed E-state index contributed by atoms with van der Waals surface area (Å²) in [7, 11) is 0. The van der Waals surface area contributed by atoms with Gasteiger partial charge in [-0.2, -0.15) is 0 Å². The highest BCUT2D eigenvalue weighted by Crippen LogP contribution is 2.37. The van der Waals surface area contributed by atoms with Crippen molar-refractivity contribution in [2.75, 3.05) is 18.1 Å². The molecule has 3 aromatic carbocycles. The van der Waals surface area contributed by atoms with Gasteiger partial charge >= 0.3 is 0 Å². The lowest BCUT2D eigenvalue weighted by molar-refractivity contribution is -0.139. The summed E-state index contributed by atoms with van der Waals surface area (Å²) in [6.07, 6.45) is 0.236. The number of fused-ring (bicyclic) bond motifs is 3. The largest absolute Gasteiger partial charge is 0.486 e. The maximum atomic E-state index is 13.7. The van der Waals surface area contributed by atoms with Gasteiger partial charge in [-0.05, 0) is 29.8 Å². The van der Waals surface area contributed by atoms with Crippen LogP contribution in [0.5, 0.6) is 11.5 Å². The molecule has 0 aliphatic carbocycles. The van der Waals surface area contributed by atoms with Crippen LogP contribution < -0.4 is 14.4 Å². The van der Waals surface area contributed by atoms with Gasteiger partial charge in [-0.15, -0.1) is 0 Å². The van der Waals surface area contributed by atoms with Crippen LogP contribution in [-0.4, -0.2) is 42.0 Å². The van der Waals surface area contributed by atoms with Crippen LogP contribution in [0.3, 0.4) is 0 Å². The Kier molecular flexibility index (Phi) is 5.50. The molecule has 162 valence electrons. The van der Waals surface area contributed by atoms with E-state index in [9.17, 15) is 9.59 Å². The van der Waals surface area contributed by atoms with Crippen LogP contribution in [0.4, 0.5) is 5.69 Å². The predicted molar refractivity (Wildman–Crippen MR) is 121 cm³/mol. The number of amides is 2. The molecule has 2 heterocycles. The number of para-hydroxylation sites is 3. The number of benzene rings is 3. The van der Waals surface area contributed by atoms with Gasteiger partial charge in [-0.1, -0.05) is 60.7 Å². The van der Waals surface area contributed by atoms with E-state index in [4.69, 9.17) is 9.47 Å². The van der Waals surface area contributed by atoms with Gasteiger partial charge in [0.05, 0.1) is 18.8 Å². The normalized spacial score (nSPS) is 19.6. The number of hydrogen-bond donors (Lipinski definition) is 0. The highest BCUT2D eigenvalue weighted by Gasteiger charge is 2.45. The third-order valence-corrected chi connectivity index (χ3v) is 5.87. The van der Waals surface area contributed by atoms with E-state index in [-0.39, 0.29) is 24.5 Å². The number of ether oxygens (including phenoxy) is 2. The van der Waals surface area contributed by atoms with E-state index in [0.717, 1.165) is 11.3 Å². The number of rotatable bonds is 5. The predicted octanol–water partition coefficient (Wildman–Crippen LogP) is 3.66. The highest BCUT2D eigenvalue weighted by atomic mass is 16.5. The van der Waals surface area contributed by atoms with E-state index < -0.39 is 6.04 Å². The van der Waals surface area contributed by atoms with Crippen LogP contribution in [0, 0.1) is 0 Å². The molecule has 0 aromatic heterocycles. The monoisotopic (exact) mass is 428 g/mol. The van der Waals surface area contributed by atoms with E-state index >= 15 is 0 Å². The lowest BCUT2D eigenvalue weighted by atomic mass is 10.1. The third kappa shape index (κ3) is 4.04. The van der Waals surface area contributed by atoms with Gasteiger partial charge in [0.25, 0.3) is 5.91 Å². The molecule has 6 heteroatoms. The summed E-state index contributed by atoms with van der Waals surface area (Å²) >= 11 is 0. The second-order valence-corrected chi connectivity index (χ2v) is 8.02. The first-order valence-corrected chi connectivity index (χ1v) is 10.8. The number of carbonyl (C=O) groups excluding carboxylic acids is 2. The van der Waals surface area contributed by atoms with Crippen molar-refractivity contribution in [1.82, 2.24) is 4.90 Å². The summed E-state index contributed by atoms with van der Waals surface area (Å²) in [5, 5.41) is 0. The molecule has 2 amide bonds. The first-order valence-electron chi connectivity index (χ1n) is 10.8. The Hall–Kier alpha value is -3.80. The summed E-state index contributed by atoms with van der Waals surface area (Å²) in [6.45, 7) is 0.650. The Morgan fingerprint density at radius 2 is 1.62 bits per heavy atom. The van der Waals surface area contributed by atoms with Gasteiger partial charge in [0.15, 0.2) is 6.61 Å². The van der Waals surface area contributed by atoms with Gasteiger partial charge in [-0.3, -0.25) is 9.59 Å². The van der Waals surface area contributed by atoms with Crippen molar-refractivity contribution < 1.29 is 19.1 Å². The number of likely N-dealkylation sites (tertiary alicyclic amines) is 1. The second kappa shape index (κ2) is 8.75. The minimum atomic E-state index is -0.580. The number of anilines is 1. The molecule has 0 spiro atoms. The number of hydrogen-bond acceptors (Lipinski definition) is 4. The summed E-state index contributed by atoms with van der Waals surface area (Å²) < 4.78 is 11.9. The molecule has 2 aliphatic heterocycles. The van der Waals surface area contributed by atoms with E-state index in [0.29, 0.717) is 31.0 Å². The van der Waals surface area contributed by atoms with Crippen LogP contribution >= 0.6 is 0 Å². The SMILES string of the molecule is O=C1C2CC(CN2C(=O)COc2ccccc2)Oc2ccccc2N1Cc1ccccc1. The van der Waals surface area contributed by atoms with Crippen molar-refractivity contribution in [2.45, 2.75) is 25.1 Å². The van der Waals surface area contributed by atoms with Gasteiger partial charge < -0.3 is 19.3 Å². The van der Waals surface area contributed by atoms with Gasteiger partial charge in [0.1, 0.15) is 23.6 Å². The molecular weight excluding hydrogens is 404 g/mol. The summed E-state index contributed by atoms with van der Waals surface area (Å²) in [4.78, 5) is 30.1. The first kappa shape index (κ1) is 20.1. The maximum Gasteiger partial charge on any atom is 0.261 e. The van der Waals surface area contributed by atoms with Gasteiger partial charge in [0, 0.05) is 6.42 Å². The van der Waals surface area contributed by atoms with Crippen molar-refractivity contribution in [3.05, 3.63) is 90.5 Å². The Morgan fingerprint density at radius 1 is 0.938 bits per heavy atom. The van der Waals surface area contributed by atoms with Gasteiger partial charge in [0.2, 0.25) is 5.91 Å². The molecule has 0 radical (unpaired) electrons. The van der Waals surface area contributed by atoms with Gasteiger partial charge in [-0.25, -0.2) is 0 Å². The molecule has 0 N–H and O–H groups in total. The molecule has 2 aliphatic rings. The van der Waals surface area contributed by atoms with Crippen molar-refractivity contribution in [3.8, 4) is 11.5 Å². The smallest absolute Gasteiger partial charge is 0.261 e. The number of nitrogens with zero attached hydrogens (tertiary/aromatic N) is 2. The molecule has 1 fully saturated rings. The lowest BCUT2D eigenvalue weighted by Gasteiger charge is -2.31. The minimum absolute atomic E-state index is 0.0971. The molecule has 32 heavy (non-hydrogen) atoms. The van der Waals surface area contributed by atoms with Crippen molar-refractivity contribution in [1.29, 1.82) is 0 Å². The zero-order chi connectivity index (χ0) is 21.9. The fourth-order valence-corrected chi connectivity index (χ4v) is 4.32. The quantitative estimate of drug-likeness (QED) is 0.622. The van der Waals surface area contributed by atoms with Crippen LogP contribution in [0.1, 0.15) is 12.0 Å². The molecule has 5 rings (SSSR count). The van der Waals surface area contributed by atoms with Crippen LogP contribution in [0.2, 0.25) is 0 Å². The fraction of sp³-hybridized carbons (Fsp3) is 0.231. The van der Waals surface area contributed by atoms with E-state index in [1.54, 1.807) is 21.9 Å². The van der Waals surface area contributed by atoms with E-state index in [2.05, 4.69) is 0 Å². The average molecular weight is 428 g/mol. The summed E-state index contributed by atoms with van der Waals surface area (Å²) in [5.74, 6) is 0.970. The zero-order valence-electron chi connectivity index (χ0n) is 17.6. The Bertz CT molecular complexity index is 1100. The first-order chi connectivity index (χ1) is 15.7. The van der Waals surface area contributed by atoms with E-state index in [1.807, 2.05) is 72.8 Å². The van der Waals surface area contributed by atoms with Crippen molar-refractivity contribution in [3.63, 3.8) is 0 Å². The van der Waals surface area contributed by atoms with E-state index in [1.165, 1.54) is 0 Å². The maximum absolute atomic E-state index is 13.7. The molecule has 2 unspecified atom stereocenters. The fourth-order valence-electron chi connectivity index (χ4n) is 4.32. The Morgan fingerprint density at radius 3 is 2.41 bits per heavy atom. The van der Waals surface area contributed by atoms with Crippen LogP contribution in [0.15, 0.2) is 84.9 Å². The average Bonchev–Trinajstić information content (AvgIpc) is 3.27. The molecule has 2 atom stereocenters. The summed E-state index contributed by atoms with van der Waals surface area (Å²) in [6, 6.07) is 26.0. The minimum Gasteiger partial charge on any atom is -0.486 e. The number of carbonyl (C=O) groups is 2. The molecule has 2 bridgehead atoms. The third-order valence-electron chi connectivity index (χ3n) is 5.87. The van der Waals surface area contributed by atoms with Crippen LogP contribution in [0.25, 0.3) is 0 Å². The summed E-state index contributed by atoms with van der Waals surface area (Å²) in [5.41, 5.74) is 1.74. The topological polar surface area (TPSA) is 59.1 Å².